The Labute approximate surface area is 222 Å². The van der Waals surface area contributed by atoms with Crippen LogP contribution in [0.1, 0.15) is 94.7 Å². The van der Waals surface area contributed by atoms with Crippen LogP contribution in [0.15, 0.2) is 54.7 Å². The maximum Gasteiger partial charge on any atom is 0.0308 e. The first-order valence-electron chi connectivity index (χ1n) is 15.1. The number of fused-ring (bicyclic) bond motifs is 1. The Kier molecular flexibility index (Phi) is 10.5. The standard InChI is InChI=1S/C34H52N2/c1-5-7-10-28-18-21-35(22-19-28)25-30-16-14-29(15-17-30)24-32-12-9-11-31-20-23-36(26-33(31)32)34(27(3)4)13-8-6-2/h6,9,11-12,14,28,30,34H,2-3,5,7-8,10,13,15-26H2,1,4H3. The van der Waals surface area contributed by atoms with Crippen molar-refractivity contribution in [2.75, 3.05) is 26.2 Å². The van der Waals surface area contributed by atoms with Crippen LogP contribution in [0.3, 0.4) is 0 Å². The minimum atomic E-state index is 0.468. The molecule has 1 saturated heterocycles. The summed E-state index contributed by atoms with van der Waals surface area (Å²) in [4.78, 5) is 5.45. The lowest BCUT2D eigenvalue weighted by molar-refractivity contribution is 0.151. The minimum Gasteiger partial charge on any atom is -0.303 e. The topological polar surface area (TPSA) is 6.48 Å². The van der Waals surface area contributed by atoms with E-state index in [2.05, 4.69) is 67.2 Å². The van der Waals surface area contributed by atoms with Gasteiger partial charge in [0.15, 0.2) is 0 Å². The van der Waals surface area contributed by atoms with Crippen LogP contribution in [0.5, 0.6) is 0 Å². The quantitative estimate of drug-likeness (QED) is 0.274. The van der Waals surface area contributed by atoms with Gasteiger partial charge in [0.1, 0.15) is 0 Å². The van der Waals surface area contributed by atoms with Crippen molar-refractivity contribution in [1.29, 1.82) is 0 Å². The molecule has 36 heavy (non-hydrogen) atoms. The molecule has 0 N–H and O–H groups in total. The van der Waals surface area contributed by atoms with Gasteiger partial charge in [-0.15, -0.1) is 6.58 Å². The van der Waals surface area contributed by atoms with E-state index in [-0.39, 0.29) is 0 Å². The predicted molar refractivity (Wildman–Crippen MR) is 156 cm³/mol. The summed E-state index contributed by atoms with van der Waals surface area (Å²) in [5, 5.41) is 0. The summed E-state index contributed by atoms with van der Waals surface area (Å²) in [6.45, 7) is 19.0. The van der Waals surface area contributed by atoms with Crippen molar-refractivity contribution in [2.24, 2.45) is 11.8 Å². The third kappa shape index (κ3) is 7.45. The first-order chi connectivity index (χ1) is 17.6. The molecule has 1 aromatic carbocycles. The number of piperidine rings is 1. The van der Waals surface area contributed by atoms with Crippen LogP contribution in [0.25, 0.3) is 0 Å². The lowest BCUT2D eigenvalue weighted by atomic mass is 9.84. The predicted octanol–water partition coefficient (Wildman–Crippen LogP) is 8.13. The maximum absolute atomic E-state index is 4.33. The molecule has 0 spiro atoms. The monoisotopic (exact) mass is 488 g/mol. The molecule has 0 radical (unpaired) electrons. The van der Waals surface area contributed by atoms with Crippen LogP contribution in [0.2, 0.25) is 0 Å². The number of hydrogen-bond donors (Lipinski definition) is 0. The zero-order valence-electron chi connectivity index (χ0n) is 23.4. The summed E-state index contributed by atoms with van der Waals surface area (Å²) in [5.41, 5.74) is 7.72. The third-order valence-corrected chi connectivity index (χ3v) is 9.27. The van der Waals surface area contributed by atoms with Crippen molar-refractivity contribution in [3.63, 3.8) is 0 Å². The zero-order valence-corrected chi connectivity index (χ0v) is 23.4. The highest BCUT2D eigenvalue weighted by Crippen LogP contribution is 2.32. The van der Waals surface area contributed by atoms with Gasteiger partial charge in [0.05, 0.1) is 0 Å². The summed E-state index contributed by atoms with van der Waals surface area (Å²) in [6.07, 6.45) is 20.2. The first-order valence-corrected chi connectivity index (χ1v) is 15.1. The summed E-state index contributed by atoms with van der Waals surface area (Å²) in [7, 11) is 0. The Balaban J connectivity index is 1.31. The third-order valence-electron chi connectivity index (χ3n) is 9.27. The number of nitrogens with zero attached hydrogens (tertiary/aromatic N) is 2. The Hall–Kier alpha value is -1.64. The van der Waals surface area contributed by atoms with E-state index >= 15 is 0 Å². The Bertz CT molecular complexity index is 888. The van der Waals surface area contributed by atoms with Gasteiger partial charge in [-0.25, -0.2) is 0 Å². The molecule has 0 bridgehead atoms. The minimum absolute atomic E-state index is 0.468. The van der Waals surface area contributed by atoms with Gasteiger partial charge >= 0.3 is 0 Å². The van der Waals surface area contributed by atoms with Crippen molar-refractivity contribution in [3.8, 4) is 0 Å². The van der Waals surface area contributed by atoms with E-state index in [1.165, 1.54) is 76.6 Å². The van der Waals surface area contributed by atoms with Crippen LogP contribution in [0, 0.1) is 11.8 Å². The van der Waals surface area contributed by atoms with E-state index in [9.17, 15) is 0 Å². The number of hydrogen-bond acceptors (Lipinski definition) is 2. The second kappa shape index (κ2) is 13.8. The molecule has 4 rings (SSSR count). The van der Waals surface area contributed by atoms with Crippen molar-refractivity contribution in [2.45, 2.75) is 103 Å². The molecule has 198 valence electrons. The second-order valence-electron chi connectivity index (χ2n) is 12.1. The van der Waals surface area contributed by atoms with Gasteiger partial charge in [-0.1, -0.05) is 74.3 Å². The number of benzene rings is 1. The summed E-state index contributed by atoms with van der Waals surface area (Å²) in [5.74, 6) is 1.86. The van der Waals surface area contributed by atoms with E-state index in [4.69, 9.17) is 0 Å². The van der Waals surface area contributed by atoms with E-state index in [0.29, 0.717) is 6.04 Å². The molecule has 2 nitrogen and oxygen atoms in total. The zero-order chi connectivity index (χ0) is 25.3. The highest BCUT2D eigenvalue weighted by Gasteiger charge is 2.26. The number of allylic oxidation sites excluding steroid dienone is 3. The molecule has 3 aliphatic rings. The first kappa shape index (κ1) is 27.4. The second-order valence-corrected chi connectivity index (χ2v) is 12.1. The number of unbranched alkanes of at least 4 members (excludes halogenated alkanes) is 1. The van der Waals surface area contributed by atoms with Gasteiger partial charge in [0, 0.05) is 25.7 Å². The Morgan fingerprint density at radius 1 is 1.11 bits per heavy atom. The van der Waals surface area contributed by atoms with E-state index in [1.54, 1.807) is 22.3 Å². The van der Waals surface area contributed by atoms with Gasteiger partial charge in [-0.05, 0) is 106 Å². The number of likely N-dealkylation sites (tertiary alicyclic amines) is 1. The molecule has 2 heterocycles. The SMILES string of the molecule is C=CCCC(C(=C)C)N1CCc2cccc(CC3=CCC(CN4CCC(CCCC)CC4)CC3)c2C1. The van der Waals surface area contributed by atoms with Crippen LogP contribution in [-0.2, 0) is 19.4 Å². The molecular weight excluding hydrogens is 436 g/mol. The largest absolute Gasteiger partial charge is 0.303 e. The van der Waals surface area contributed by atoms with Crippen LogP contribution in [-0.4, -0.2) is 42.0 Å². The Morgan fingerprint density at radius 2 is 1.94 bits per heavy atom. The van der Waals surface area contributed by atoms with Crippen molar-refractivity contribution in [1.82, 2.24) is 9.80 Å². The summed E-state index contributed by atoms with van der Waals surface area (Å²) < 4.78 is 0. The maximum atomic E-state index is 4.33. The molecular formula is C34H52N2. The van der Waals surface area contributed by atoms with Crippen LogP contribution >= 0.6 is 0 Å². The normalized spacial score (nSPS) is 22.6. The lowest BCUT2D eigenvalue weighted by Crippen LogP contribution is -2.40. The summed E-state index contributed by atoms with van der Waals surface area (Å²) in [6, 6.07) is 7.54. The highest BCUT2D eigenvalue weighted by molar-refractivity contribution is 5.39. The fourth-order valence-electron chi connectivity index (χ4n) is 6.95. The summed E-state index contributed by atoms with van der Waals surface area (Å²) >= 11 is 0. The van der Waals surface area contributed by atoms with Gasteiger partial charge in [0.25, 0.3) is 0 Å². The van der Waals surface area contributed by atoms with Crippen molar-refractivity contribution in [3.05, 3.63) is 71.3 Å². The molecule has 1 aliphatic carbocycles. The molecule has 0 amide bonds. The molecule has 2 atom stereocenters. The van der Waals surface area contributed by atoms with Gasteiger partial charge in [-0.2, -0.15) is 0 Å². The van der Waals surface area contributed by atoms with E-state index in [1.807, 2.05) is 0 Å². The van der Waals surface area contributed by atoms with E-state index in [0.717, 1.165) is 50.6 Å². The van der Waals surface area contributed by atoms with Gasteiger partial charge in [0.2, 0.25) is 0 Å². The smallest absolute Gasteiger partial charge is 0.0308 e. The van der Waals surface area contributed by atoms with Crippen LogP contribution in [0.4, 0.5) is 0 Å². The molecule has 0 aromatic heterocycles. The van der Waals surface area contributed by atoms with Crippen LogP contribution < -0.4 is 0 Å². The molecule has 2 unspecified atom stereocenters. The molecule has 2 heteroatoms. The molecule has 2 aliphatic heterocycles. The highest BCUT2D eigenvalue weighted by atomic mass is 15.2. The van der Waals surface area contributed by atoms with Crippen molar-refractivity contribution >= 4 is 0 Å². The number of rotatable bonds is 12. The molecule has 1 aromatic rings. The van der Waals surface area contributed by atoms with E-state index < -0.39 is 0 Å². The van der Waals surface area contributed by atoms with Gasteiger partial charge in [-0.3, -0.25) is 4.90 Å². The van der Waals surface area contributed by atoms with Gasteiger partial charge < -0.3 is 4.90 Å². The Morgan fingerprint density at radius 3 is 2.64 bits per heavy atom. The fourth-order valence-corrected chi connectivity index (χ4v) is 6.95. The molecule has 0 saturated carbocycles. The fraction of sp³-hybridized carbons (Fsp3) is 0.647. The average molecular weight is 489 g/mol. The lowest BCUT2D eigenvalue weighted by Gasteiger charge is -2.37. The molecule has 1 fully saturated rings. The average Bonchev–Trinajstić information content (AvgIpc) is 2.90. The van der Waals surface area contributed by atoms with Crippen molar-refractivity contribution < 1.29 is 0 Å².